The second kappa shape index (κ2) is 9.97. The van der Waals surface area contributed by atoms with Crippen LogP contribution in [0.4, 0.5) is 0 Å². The van der Waals surface area contributed by atoms with E-state index in [4.69, 9.17) is 21.3 Å². The Morgan fingerprint density at radius 1 is 1.17 bits per heavy atom. The zero-order valence-corrected chi connectivity index (χ0v) is 21.7. The fraction of sp³-hybridized carbons (Fsp3) is 0.259. The third kappa shape index (κ3) is 4.48. The number of ether oxygens (including phenoxy) is 1. The van der Waals surface area contributed by atoms with Crippen LogP contribution < -0.4 is 0 Å². The van der Waals surface area contributed by atoms with Crippen LogP contribution >= 0.6 is 22.9 Å². The van der Waals surface area contributed by atoms with Crippen LogP contribution in [-0.4, -0.2) is 37.5 Å². The van der Waals surface area contributed by atoms with Gasteiger partial charge in [-0.1, -0.05) is 42.3 Å². The number of hydrogen-bond donors (Lipinski definition) is 1. The second-order valence-electron chi connectivity index (χ2n) is 8.72. The lowest BCUT2D eigenvalue weighted by Gasteiger charge is -2.21. The summed E-state index contributed by atoms with van der Waals surface area (Å²) in [6.45, 7) is 6.26. The molecule has 0 saturated heterocycles. The first-order valence-corrected chi connectivity index (χ1v) is 12.9. The molecule has 36 heavy (non-hydrogen) atoms. The number of carboxylic acids is 1. The molecule has 0 bridgehead atoms. The van der Waals surface area contributed by atoms with Crippen molar-refractivity contribution in [2.24, 2.45) is 0 Å². The quantitative estimate of drug-likeness (QED) is 0.224. The normalized spacial score (nSPS) is 12.4. The molecule has 0 spiro atoms. The Morgan fingerprint density at radius 3 is 2.67 bits per heavy atom. The lowest BCUT2D eigenvalue weighted by atomic mass is 9.91. The number of carbonyl (C=O) groups is 1. The van der Waals surface area contributed by atoms with Gasteiger partial charge in [-0.2, -0.15) is 0 Å². The van der Waals surface area contributed by atoms with Gasteiger partial charge in [0.15, 0.2) is 6.10 Å². The van der Waals surface area contributed by atoms with Gasteiger partial charge in [0.25, 0.3) is 0 Å². The lowest BCUT2D eigenvalue weighted by Crippen LogP contribution is -2.18. The summed E-state index contributed by atoms with van der Waals surface area (Å²) in [6, 6.07) is 13.4. The van der Waals surface area contributed by atoms with Crippen molar-refractivity contribution >= 4 is 44.6 Å². The molecule has 0 aliphatic heterocycles. The molecule has 1 N–H and O–H groups in total. The number of thiazole rings is 1. The van der Waals surface area contributed by atoms with Gasteiger partial charge in [0, 0.05) is 34.5 Å². The molecule has 1 unspecified atom stereocenters. The number of nitrogens with zero attached hydrogens (tertiary/aromatic N) is 4. The summed E-state index contributed by atoms with van der Waals surface area (Å²) in [4.78, 5) is 17.3. The van der Waals surface area contributed by atoms with Crippen LogP contribution in [-0.2, 0) is 9.53 Å². The summed E-state index contributed by atoms with van der Waals surface area (Å²) < 4.78 is 8.57. The minimum absolute atomic E-state index is 0.373. The van der Waals surface area contributed by atoms with Gasteiger partial charge in [0.2, 0.25) is 0 Å². The molecule has 5 rings (SSSR count). The monoisotopic (exact) mass is 520 g/mol. The molecule has 0 aliphatic rings. The Balaban J connectivity index is 1.74. The molecule has 9 heteroatoms. The fourth-order valence-corrected chi connectivity index (χ4v) is 5.59. The van der Waals surface area contributed by atoms with Gasteiger partial charge in [-0.3, -0.25) is 0 Å². The maximum Gasteiger partial charge on any atom is 0.337 e. The zero-order chi connectivity index (χ0) is 25.4. The van der Waals surface area contributed by atoms with Crippen molar-refractivity contribution in [2.75, 3.05) is 6.61 Å². The van der Waals surface area contributed by atoms with Gasteiger partial charge in [-0.15, -0.1) is 16.4 Å². The summed E-state index contributed by atoms with van der Waals surface area (Å²) in [5.41, 5.74) is 6.66. The maximum atomic E-state index is 12.4. The Labute approximate surface area is 217 Å². The number of aromatic nitrogens is 4. The molecule has 5 aromatic rings. The third-order valence-corrected chi connectivity index (χ3v) is 7.56. The Kier molecular flexibility index (Phi) is 6.75. The van der Waals surface area contributed by atoms with Gasteiger partial charge >= 0.3 is 5.97 Å². The standard InChI is InChI=1S/C27H25ClN4O3S/c1-4-5-12-35-24(27(33)34)22-15(2)13-20-25(23(22)17-6-8-19(28)9-7-17)36-26(29-20)18-10-11-32-21(14-18)16(3)30-31-32/h6-11,13-14,24H,4-5,12H2,1-3H3,(H,33,34). The number of fused-ring (bicyclic) bond motifs is 2. The Hall–Kier alpha value is -3.33. The average Bonchev–Trinajstić information content (AvgIpc) is 3.45. The third-order valence-electron chi connectivity index (χ3n) is 6.17. The van der Waals surface area contributed by atoms with Crippen molar-refractivity contribution in [3.8, 4) is 21.7 Å². The van der Waals surface area contributed by atoms with Gasteiger partial charge in [-0.25, -0.2) is 14.3 Å². The highest BCUT2D eigenvalue weighted by Gasteiger charge is 2.29. The summed E-state index contributed by atoms with van der Waals surface area (Å²) >= 11 is 7.71. The van der Waals surface area contributed by atoms with Crippen molar-refractivity contribution in [1.82, 2.24) is 19.8 Å². The number of aryl methyl sites for hydroxylation is 2. The number of halogens is 1. The molecule has 1 atom stereocenters. The summed E-state index contributed by atoms with van der Waals surface area (Å²) in [6.07, 6.45) is 2.49. The number of pyridine rings is 1. The highest BCUT2D eigenvalue weighted by atomic mass is 35.5. The zero-order valence-electron chi connectivity index (χ0n) is 20.2. The van der Waals surface area contributed by atoms with E-state index < -0.39 is 12.1 Å². The molecule has 2 aromatic carbocycles. The van der Waals surface area contributed by atoms with Crippen molar-refractivity contribution in [2.45, 2.75) is 39.7 Å². The average molecular weight is 521 g/mol. The predicted molar refractivity (Wildman–Crippen MR) is 143 cm³/mol. The van der Waals surface area contributed by atoms with Crippen molar-refractivity contribution in [3.05, 3.63) is 70.5 Å². The molecule has 7 nitrogen and oxygen atoms in total. The van der Waals surface area contributed by atoms with E-state index in [1.165, 1.54) is 11.3 Å². The molecule has 0 saturated carbocycles. The summed E-state index contributed by atoms with van der Waals surface area (Å²) in [5.74, 6) is -1.01. The molecule has 184 valence electrons. The smallest absolute Gasteiger partial charge is 0.337 e. The maximum absolute atomic E-state index is 12.4. The van der Waals surface area contributed by atoms with Crippen LogP contribution in [0.2, 0.25) is 5.02 Å². The molecular weight excluding hydrogens is 496 g/mol. The van der Waals surface area contributed by atoms with Crippen LogP contribution in [0.1, 0.15) is 42.7 Å². The lowest BCUT2D eigenvalue weighted by molar-refractivity contribution is -0.151. The van der Waals surface area contributed by atoms with E-state index in [0.29, 0.717) is 17.2 Å². The van der Waals surface area contributed by atoms with Gasteiger partial charge in [0.1, 0.15) is 5.01 Å². The minimum Gasteiger partial charge on any atom is -0.479 e. The van der Waals surface area contributed by atoms with E-state index >= 15 is 0 Å². The van der Waals surface area contributed by atoms with E-state index in [1.54, 1.807) is 4.52 Å². The fourth-order valence-electron chi connectivity index (χ4n) is 4.34. The van der Waals surface area contributed by atoms with Crippen molar-refractivity contribution < 1.29 is 14.6 Å². The number of carboxylic acid groups (broad SMARTS) is 1. The Bertz CT molecular complexity index is 1580. The number of rotatable bonds is 8. The number of aliphatic carboxylic acids is 1. The summed E-state index contributed by atoms with van der Waals surface area (Å²) in [5, 5.41) is 19.9. The molecule has 0 fully saturated rings. The number of hydrogen-bond acceptors (Lipinski definition) is 6. The van der Waals surface area contributed by atoms with Crippen LogP contribution in [0.5, 0.6) is 0 Å². The van der Waals surface area contributed by atoms with E-state index in [2.05, 4.69) is 10.3 Å². The molecule has 3 heterocycles. The van der Waals surface area contributed by atoms with Crippen molar-refractivity contribution in [1.29, 1.82) is 0 Å². The Morgan fingerprint density at radius 2 is 1.94 bits per heavy atom. The molecule has 0 radical (unpaired) electrons. The van der Waals surface area contributed by atoms with Gasteiger partial charge < -0.3 is 9.84 Å². The van der Waals surface area contributed by atoms with E-state index in [1.807, 2.05) is 69.4 Å². The highest BCUT2D eigenvalue weighted by molar-refractivity contribution is 7.22. The van der Waals surface area contributed by atoms with E-state index in [0.717, 1.165) is 61.5 Å². The van der Waals surface area contributed by atoms with Crippen LogP contribution in [0.3, 0.4) is 0 Å². The van der Waals surface area contributed by atoms with Crippen LogP contribution in [0.25, 0.3) is 37.4 Å². The van der Waals surface area contributed by atoms with Gasteiger partial charge in [-0.05, 0) is 61.7 Å². The first kappa shape index (κ1) is 24.4. The molecule has 3 aromatic heterocycles. The SMILES string of the molecule is CCCCOC(C(=O)O)c1c(C)cc2nc(-c3ccn4nnc(C)c4c3)sc2c1-c1ccc(Cl)cc1. The highest BCUT2D eigenvalue weighted by Crippen LogP contribution is 2.43. The first-order valence-electron chi connectivity index (χ1n) is 11.7. The van der Waals surface area contributed by atoms with E-state index in [9.17, 15) is 9.90 Å². The first-order chi connectivity index (χ1) is 17.4. The number of benzene rings is 2. The summed E-state index contributed by atoms with van der Waals surface area (Å²) in [7, 11) is 0. The van der Waals surface area contributed by atoms with Gasteiger partial charge in [0.05, 0.1) is 21.4 Å². The topological polar surface area (TPSA) is 89.6 Å². The molecule has 0 aliphatic carbocycles. The van der Waals surface area contributed by atoms with Crippen LogP contribution in [0, 0.1) is 13.8 Å². The minimum atomic E-state index is -1.09. The van der Waals surface area contributed by atoms with E-state index in [-0.39, 0.29) is 0 Å². The van der Waals surface area contributed by atoms with Crippen LogP contribution in [0.15, 0.2) is 48.7 Å². The molecular formula is C27H25ClN4O3S. The number of unbranched alkanes of at least 4 members (excludes halogenated alkanes) is 1. The molecule has 0 amide bonds. The largest absolute Gasteiger partial charge is 0.479 e. The second-order valence-corrected chi connectivity index (χ2v) is 10.2. The predicted octanol–water partition coefficient (Wildman–Crippen LogP) is 6.89. The van der Waals surface area contributed by atoms with Crippen molar-refractivity contribution in [3.63, 3.8) is 0 Å².